The summed E-state index contributed by atoms with van der Waals surface area (Å²) in [6.07, 6.45) is 29.3. The monoisotopic (exact) mass is 488 g/mol. The summed E-state index contributed by atoms with van der Waals surface area (Å²) in [5, 5.41) is 0. The third kappa shape index (κ3) is 29.0. The van der Waals surface area contributed by atoms with E-state index in [2.05, 4.69) is 30.1 Å². The molecular formula is C26H55Sb. The van der Waals surface area contributed by atoms with Crippen LogP contribution in [0.15, 0.2) is 0 Å². The molecule has 0 amide bonds. The van der Waals surface area contributed by atoms with Crippen LogP contribution in [0.2, 0.25) is 4.87 Å². The Labute approximate surface area is 185 Å². The second-order valence-corrected chi connectivity index (χ2v) is 10.3. The van der Waals surface area contributed by atoms with Crippen molar-refractivity contribution in [3.63, 3.8) is 0 Å². The fourth-order valence-electron chi connectivity index (χ4n) is 3.86. The van der Waals surface area contributed by atoms with E-state index < -0.39 is 0 Å². The van der Waals surface area contributed by atoms with Crippen molar-refractivity contribution in [1.82, 2.24) is 0 Å². The third-order valence-electron chi connectivity index (χ3n) is 5.76. The molecule has 1 heteroatoms. The van der Waals surface area contributed by atoms with E-state index in [4.69, 9.17) is 0 Å². The first-order chi connectivity index (χ1) is 13.3. The van der Waals surface area contributed by atoms with Gasteiger partial charge in [0.05, 0.1) is 0 Å². The molecular weight excluding hydrogens is 434 g/mol. The molecule has 0 bridgehead atoms. The van der Waals surface area contributed by atoms with Gasteiger partial charge in [0, 0.05) is 0 Å². The van der Waals surface area contributed by atoms with Gasteiger partial charge in [0.25, 0.3) is 0 Å². The van der Waals surface area contributed by atoms with Crippen molar-refractivity contribution in [2.45, 2.75) is 154 Å². The van der Waals surface area contributed by atoms with Crippen LogP contribution >= 0.6 is 0 Å². The number of hydrogen-bond acceptors (Lipinski definition) is 0. The van der Waals surface area contributed by atoms with Crippen LogP contribution in [-0.4, -0.2) is 25.6 Å². The molecule has 0 aliphatic heterocycles. The van der Waals surface area contributed by atoms with E-state index in [1.807, 2.05) is 0 Å². The molecule has 0 saturated carbocycles. The first-order valence-corrected chi connectivity index (χ1v) is 17.0. The number of unbranched alkanes of at least 4 members (excludes halogenated alkanes) is 15. The van der Waals surface area contributed by atoms with Crippen molar-refractivity contribution in [3.8, 4) is 0 Å². The Kier molecular flexibility index (Phi) is 32.0. The summed E-state index contributed by atoms with van der Waals surface area (Å²) < 4.78 is 3.64. The van der Waals surface area contributed by atoms with E-state index in [-0.39, 0.29) is 21.1 Å². The molecule has 1 unspecified atom stereocenters. The van der Waals surface area contributed by atoms with Crippen LogP contribution in [0.1, 0.15) is 149 Å². The molecule has 27 heavy (non-hydrogen) atoms. The molecule has 0 spiro atoms. The van der Waals surface area contributed by atoms with Gasteiger partial charge in [-0.05, 0) is 5.92 Å². The van der Waals surface area contributed by atoms with E-state index in [0.29, 0.717) is 0 Å². The summed E-state index contributed by atoms with van der Waals surface area (Å²) in [5.41, 5.74) is 0. The second-order valence-electron chi connectivity index (χ2n) is 8.47. The molecule has 0 nitrogen and oxygen atoms in total. The Hall–Kier alpha value is 0.688. The predicted octanol–water partition coefficient (Wildman–Crippen LogP) is 9.63. The standard InChI is InChI=1S/C24H50.CH3.CH2.Sb/c1-4-7-9-11-12-13-14-15-16-17-19-21-23-24(6-3)22-20-18-10-8-5-2;;;/h24H,4-23H2,1-3H3;1H3;1H2;. The zero-order valence-corrected chi connectivity index (χ0v) is 22.4. The second kappa shape index (κ2) is 28.9. The molecule has 0 rings (SSSR count). The van der Waals surface area contributed by atoms with Crippen molar-refractivity contribution in [3.05, 3.63) is 0 Å². The van der Waals surface area contributed by atoms with Crippen LogP contribution in [0.25, 0.3) is 0 Å². The molecule has 0 fully saturated rings. The summed E-state index contributed by atoms with van der Waals surface area (Å²) in [4.78, 5) is 2.16. The van der Waals surface area contributed by atoms with Crippen molar-refractivity contribution in [1.29, 1.82) is 0 Å². The third-order valence-corrected chi connectivity index (χ3v) is 5.76. The van der Waals surface area contributed by atoms with E-state index in [1.54, 1.807) is 0 Å². The van der Waals surface area contributed by atoms with Gasteiger partial charge in [0.15, 0.2) is 0 Å². The average molecular weight is 489 g/mol. The van der Waals surface area contributed by atoms with E-state index in [9.17, 15) is 0 Å². The molecule has 0 aromatic carbocycles. The Bertz CT molecular complexity index is 249. The van der Waals surface area contributed by atoms with E-state index in [1.165, 1.54) is 128 Å². The van der Waals surface area contributed by atoms with E-state index >= 15 is 0 Å². The molecule has 0 N–H and O–H groups in total. The molecule has 1 atom stereocenters. The molecule has 0 saturated heterocycles. The van der Waals surface area contributed by atoms with Crippen LogP contribution in [0.3, 0.4) is 0 Å². The summed E-state index contributed by atoms with van der Waals surface area (Å²) >= 11 is 0.100. The minimum absolute atomic E-state index is 0.100. The molecule has 0 aromatic rings. The van der Waals surface area contributed by atoms with Crippen LogP contribution in [0.5, 0.6) is 0 Å². The van der Waals surface area contributed by atoms with Crippen molar-refractivity contribution >= 4 is 25.6 Å². The fraction of sp³-hybridized carbons (Fsp3) is 0.962. The van der Waals surface area contributed by atoms with Crippen LogP contribution in [-0.2, 0) is 0 Å². The zero-order chi connectivity index (χ0) is 20.4. The Balaban J connectivity index is 0. The predicted molar refractivity (Wildman–Crippen MR) is 132 cm³/mol. The maximum absolute atomic E-state index is 3.64. The van der Waals surface area contributed by atoms with Crippen LogP contribution in [0.4, 0.5) is 0 Å². The molecule has 0 aromatic heterocycles. The van der Waals surface area contributed by atoms with Gasteiger partial charge in [0.2, 0.25) is 0 Å². The molecule has 0 aliphatic carbocycles. The zero-order valence-electron chi connectivity index (χ0n) is 19.9. The minimum atomic E-state index is 0.100. The van der Waals surface area contributed by atoms with Gasteiger partial charge in [-0.15, -0.1) is 0 Å². The van der Waals surface area contributed by atoms with E-state index in [0.717, 1.165) is 5.92 Å². The number of rotatable bonds is 20. The molecule has 0 aliphatic rings. The molecule has 0 radical (unpaired) electrons. The summed E-state index contributed by atoms with van der Waals surface area (Å²) in [6.45, 7) is 7.01. The average Bonchev–Trinajstić information content (AvgIpc) is 2.67. The van der Waals surface area contributed by atoms with Crippen molar-refractivity contribution < 1.29 is 0 Å². The van der Waals surface area contributed by atoms with Gasteiger partial charge in [-0.2, -0.15) is 0 Å². The van der Waals surface area contributed by atoms with Gasteiger partial charge in [-0.25, -0.2) is 0 Å². The van der Waals surface area contributed by atoms with Gasteiger partial charge >= 0.3 is 30.5 Å². The first kappa shape index (κ1) is 29.9. The quantitative estimate of drug-likeness (QED) is 0.118. The van der Waals surface area contributed by atoms with Gasteiger partial charge in [0.1, 0.15) is 0 Å². The Morgan fingerprint density at radius 3 is 1.04 bits per heavy atom. The summed E-state index contributed by atoms with van der Waals surface area (Å²) in [5.74, 6) is 1.02. The SMILES string of the molecule is CCCCCCCCCCCCCCC(CC)CCCCCCC.[CH2]=[Sb][CH3]. The summed E-state index contributed by atoms with van der Waals surface area (Å²) in [7, 11) is 0. The van der Waals surface area contributed by atoms with Crippen molar-refractivity contribution in [2.75, 3.05) is 0 Å². The molecule has 0 heterocycles. The number of hydrogen-bond donors (Lipinski definition) is 0. The maximum atomic E-state index is 3.64. The van der Waals surface area contributed by atoms with Crippen molar-refractivity contribution in [2.24, 2.45) is 5.92 Å². The first-order valence-electron chi connectivity index (χ1n) is 12.6. The summed E-state index contributed by atoms with van der Waals surface area (Å²) in [6, 6.07) is 0. The topological polar surface area (TPSA) is 0 Å². The van der Waals surface area contributed by atoms with Gasteiger partial charge in [-0.1, -0.05) is 149 Å². The normalized spacial score (nSPS) is 11.7. The fourth-order valence-corrected chi connectivity index (χ4v) is 3.86. The Morgan fingerprint density at radius 2 is 0.778 bits per heavy atom. The van der Waals surface area contributed by atoms with Crippen LogP contribution < -0.4 is 0 Å². The molecule has 164 valence electrons. The Morgan fingerprint density at radius 1 is 0.519 bits per heavy atom. The van der Waals surface area contributed by atoms with Gasteiger partial charge < -0.3 is 0 Å². The van der Waals surface area contributed by atoms with Crippen LogP contribution in [0, 0.1) is 5.92 Å². The van der Waals surface area contributed by atoms with Gasteiger partial charge in [-0.3, -0.25) is 0 Å².